The number of hydrogen-bond acceptors (Lipinski definition) is 4. The van der Waals surface area contributed by atoms with Crippen molar-refractivity contribution in [1.82, 2.24) is 10.6 Å². The van der Waals surface area contributed by atoms with E-state index in [0.717, 1.165) is 6.42 Å². The number of carbonyl (C=O) groups excluding carboxylic acids is 1. The summed E-state index contributed by atoms with van der Waals surface area (Å²) in [4.78, 5) is 11.0. The number of nitrogens with one attached hydrogen (secondary N) is 2. The summed E-state index contributed by atoms with van der Waals surface area (Å²) < 4.78 is 4.82. The summed E-state index contributed by atoms with van der Waals surface area (Å²) in [5.74, 6) is -0.0513. The molecule has 0 aliphatic rings. The highest BCUT2D eigenvalue weighted by atomic mass is 16.5. The predicted molar refractivity (Wildman–Crippen MR) is 49.5 cm³/mol. The lowest BCUT2D eigenvalue weighted by Gasteiger charge is -2.04. The van der Waals surface area contributed by atoms with E-state index >= 15 is 0 Å². The second-order valence-corrected chi connectivity index (χ2v) is 2.60. The van der Waals surface area contributed by atoms with Gasteiger partial charge in [0.05, 0.1) is 13.2 Å². The molecule has 0 aromatic heterocycles. The van der Waals surface area contributed by atoms with Gasteiger partial charge in [-0.3, -0.25) is 4.79 Å². The monoisotopic (exact) mass is 190 g/mol. The zero-order valence-electron chi connectivity index (χ0n) is 8.01. The van der Waals surface area contributed by atoms with Gasteiger partial charge in [0.1, 0.15) is 0 Å². The van der Waals surface area contributed by atoms with Gasteiger partial charge in [0.15, 0.2) is 0 Å². The quantitative estimate of drug-likeness (QED) is 0.417. The van der Waals surface area contributed by atoms with Gasteiger partial charge in [0.25, 0.3) is 0 Å². The minimum Gasteiger partial charge on any atom is -0.395 e. The Morgan fingerprint density at radius 1 is 1.46 bits per heavy atom. The van der Waals surface area contributed by atoms with Crippen molar-refractivity contribution in [3.05, 3.63) is 0 Å². The first kappa shape index (κ1) is 12.3. The maximum Gasteiger partial charge on any atom is 0.233 e. The molecule has 0 atom stereocenters. The first-order valence-corrected chi connectivity index (χ1v) is 4.38. The fraction of sp³-hybridized carbons (Fsp3) is 0.875. The Morgan fingerprint density at radius 2 is 2.23 bits per heavy atom. The molecular formula is C8H18N2O3. The third-order valence-electron chi connectivity index (χ3n) is 1.42. The number of methoxy groups -OCH3 is 1. The summed E-state index contributed by atoms with van der Waals surface area (Å²) in [6.45, 7) is 2.05. The van der Waals surface area contributed by atoms with Crippen LogP contribution in [0.4, 0.5) is 0 Å². The van der Waals surface area contributed by atoms with Crippen LogP contribution in [-0.4, -0.2) is 51.0 Å². The van der Waals surface area contributed by atoms with E-state index in [0.29, 0.717) is 19.7 Å². The van der Waals surface area contributed by atoms with Gasteiger partial charge in [-0.1, -0.05) is 0 Å². The second-order valence-electron chi connectivity index (χ2n) is 2.60. The molecule has 0 spiro atoms. The first-order valence-electron chi connectivity index (χ1n) is 4.38. The molecule has 1 amide bonds. The van der Waals surface area contributed by atoms with Crippen LogP contribution in [0.3, 0.4) is 0 Å². The van der Waals surface area contributed by atoms with E-state index in [1.807, 2.05) is 0 Å². The molecule has 5 heteroatoms. The Balaban J connectivity index is 3.11. The molecule has 0 saturated carbocycles. The molecule has 0 saturated heterocycles. The van der Waals surface area contributed by atoms with Crippen LogP contribution in [0.25, 0.3) is 0 Å². The van der Waals surface area contributed by atoms with Gasteiger partial charge in [-0.05, 0) is 6.42 Å². The van der Waals surface area contributed by atoms with Gasteiger partial charge in [0.2, 0.25) is 5.91 Å². The summed E-state index contributed by atoms with van der Waals surface area (Å²) in [5, 5.41) is 13.9. The van der Waals surface area contributed by atoms with E-state index in [9.17, 15) is 4.79 Å². The highest BCUT2D eigenvalue weighted by Crippen LogP contribution is 1.76. The minimum absolute atomic E-state index is 0.0513. The molecule has 13 heavy (non-hydrogen) atoms. The summed E-state index contributed by atoms with van der Waals surface area (Å²) >= 11 is 0. The highest BCUT2D eigenvalue weighted by Gasteiger charge is 1.97. The SMILES string of the molecule is COCCCNC(=O)CNCCO. The van der Waals surface area contributed by atoms with Gasteiger partial charge in [0, 0.05) is 26.8 Å². The summed E-state index contributed by atoms with van der Waals surface area (Å²) in [6.07, 6.45) is 0.822. The molecule has 0 bridgehead atoms. The standard InChI is InChI=1S/C8H18N2O3/c1-13-6-2-3-10-8(12)7-9-4-5-11/h9,11H,2-7H2,1H3,(H,10,12). The molecule has 0 aromatic carbocycles. The maximum atomic E-state index is 11.0. The smallest absolute Gasteiger partial charge is 0.233 e. The van der Waals surface area contributed by atoms with Crippen molar-refractivity contribution < 1.29 is 14.6 Å². The van der Waals surface area contributed by atoms with E-state index < -0.39 is 0 Å². The third kappa shape index (κ3) is 9.26. The van der Waals surface area contributed by atoms with Gasteiger partial charge in [-0.25, -0.2) is 0 Å². The van der Waals surface area contributed by atoms with Crippen LogP contribution >= 0.6 is 0 Å². The van der Waals surface area contributed by atoms with Crippen molar-refractivity contribution in [3.8, 4) is 0 Å². The maximum absolute atomic E-state index is 11.0. The first-order chi connectivity index (χ1) is 6.31. The Hall–Kier alpha value is -0.650. The van der Waals surface area contributed by atoms with Crippen LogP contribution in [-0.2, 0) is 9.53 Å². The lowest BCUT2D eigenvalue weighted by atomic mass is 10.4. The van der Waals surface area contributed by atoms with Crippen LogP contribution in [0.15, 0.2) is 0 Å². The van der Waals surface area contributed by atoms with Gasteiger partial charge < -0.3 is 20.5 Å². The summed E-state index contributed by atoms with van der Waals surface area (Å²) in [6, 6.07) is 0. The fourth-order valence-electron chi connectivity index (χ4n) is 0.788. The number of aliphatic hydroxyl groups is 1. The van der Waals surface area contributed by atoms with Gasteiger partial charge in [-0.2, -0.15) is 0 Å². The van der Waals surface area contributed by atoms with E-state index in [2.05, 4.69) is 10.6 Å². The molecule has 3 N–H and O–H groups in total. The third-order valence-corrected chi connectivity index (χ3v) is 1.42. The Labute approximate surface area is 78.5 Å². The van der Waals surface area contributed by atoms with Crippen molar-refractivity contribution >= 4 is 5.91 Å². The number of amides is 1. The van der Waals surface area contributed by atoms with E-state index in [1.165, 1.54) is 0 Å². The van der Waals surface area contributed by atoms with E-state index in [-0.39, 0.29) is 19.1 Å². The molecule has 0 fully saturated rings. The lowest BCUT2D eigenvalue weighted by Crippen LogP contribution is -2.35. The van der Waals surface area contributed by atoms with E-state index in [1.54, 1.807) is 7.11 Å². The number of aliphatic hydroxyl groups excluding tert-OH is 1. The zero-order chi connectivity index (χ0) is 9.94. The van der Waals surface area contributed by atoms with Crippen LogP contribution in [0.5, 0.6) is 0 Å². The van der Waals surface area contributed by atoms with E-state index in [4.69, 9.17) is 9.84 Å². The number of ether oxygens (including phenoxy) is 1. The summed E-state index contributed by atoms with van der Waals surface area (Å²) in [5.41, 5.74) is 0. The topological polar surface area (TPSA) is 70.6 Å². The average Bonchev–Trinajstić information content (AvgIpc) is 2.13. The van der Waals surface area contributed by atoms with Crippen molar-refractivity contribution in [2.24, 2.45) is 0 Å². The Bertz CT molecular complexity index is 131. The highest BCUT2D eigenvalue weighted by molar-refractivity contribution is 5.77. The number of rotatable bonds is 8. The van der Waals surface area contributed by atoms with Crippen molar-refractivity contribution in [2.45, 2.75) is 6.42 Å². The van der Waals surface area contributed by atoms with Crippen molar-refractivity contribution in [3.63, 3.8) is 0 Å². The molecule has 0 aliphatic heterocycles. The molecule has 0 aromatic rings. The average molecular weight is 190 g/mol. The van der Waals surface area contributed by atoms with Gasteiger partial charge in [-0.15, -0.1) is 0 Å². The second kappa shape index (κ2) is 9.44. The van der Waals surface area contributed by atoms with Crippen LogP contribution in [0.1, 0.15) is 6.42 Å². The largest absolute Gasteiger partial charge is 0.395 e. The van der Waals surface area contributed by atoms with Crippen LogP contribution in [0, 0.1) is 0 Å². The predicted octanol–water partition coefficient (Wildman–Crippen LogP) is -1.28. The Morgan fingerprint density at radius 3 is 2.85 bits per heavy atom. The summed E-state index contributed by atoms with van der Waals surface area (Å²) in [7, 11) is 1.63. The molecule has 0 unspecified atom stereocenters. The fourth-order valence-corrected chi connectivity index (χ4v) is 0.788. The van der Waals surface area contributed by atoms with Crippen LogP contribution in [0.2, 0.25) is 0 Å². The van der Waals surface area contributed by atoms with Crippen molar-refractivity contribution in [2.75, 3.05) is 40.0 Å². The number of hydrogen-bond donors (Lipinski definition) is 3. The molecule has 0 rings (SSSR count). The molecular weight excluding hydrogens is 172 g/mol. The minimum atomic E-state index is -0.0513. The lowest BCUT2D eigenvalue weighted by molar-refractivity contribution is -0.120. The molecule has 0 radical (unpaired) electrons. The zero-order valence-corrected chi connectivity index (χ0v) is 8.01. The molecule has 0 aliphatic carbocycles. The van der Waals surface area contributed by atoms with Crippen molar-refractivity contribution in [1.29, 1.82) is 0 Å². The van der Waals surface area contributed by atoms with Gasteiger partial charge >= 0.3 is 0 Å². The Kier molecular flexibility index (Phi) is 8.97. The number of carbonyl (C=O) groups is 1. The molecule has 5 nitrogen and oxygen atoms in total. The molecule has 0 heterocycles. The molecule has 78 valence electrons. The normalized spacial score (nSPS) is 10.0. The van der Waals surface area contributed by atoms with Crippen LogP contribution < -0.4 is 10.6 Å².